The predicted octanol–water partition coefficient (Wildman–Crippen LogP) is 16.8. The van der Waals surface area contributed by atoms with Crippen LogP contribution in [-0.4, -0.2) is 0 Å². The number of anilines is 3. The third kappa shape index (κ3) is 6.24. The van der Waals surface area contributed by atoms with Gasteiger partial charge in [0.2, 0.25) is 0 Å². The molecule has 0 heterocycles. The molecule has 64 heavy (non-hydrogen) atoms. The molecule has 0 atom stereocenters. The fraction of sp³-hybridized carbons (Fsp3) is 0.0159. The van der Waals surface area contributed by atoms with Crippen LogP contribution in [0, 0.1) is 0 Å². The van der Waals surface area contributed by atoms with Crippen LogP contribution in [0.4, 0.5) is 17.1 Å². The maximum Gasteiger partial charge on any atom is 0.0713 e. The Morgan fingerprint density at radius 3 is 1.16 bits per heavy atom. The third-order valence-corrected chi connectivity index (χ3v) is 13.3. The van der Waals surface area contributed by atoms with Gasteiger partial charge in [-0.3, -0.25) is 0 Å². The van der Waals surface area contributed by atoms with Crippen LogP contribution in [0.5, 0.6) is 0 Å². The van der Waals surface area contributed by atoms with E-state index in [1.54, 1.807) is 0 Å². The summed E-state index contributed by atoms with van der Waals surface area (Å²) in [5.74, 6) is 0. The smallest absolute Gasteiger partial charge is 0.0713 e. The molecule has 0 N–H and O–H groups in total. The molecular formula is C63H43N. The van der Waals surface area contributed by atoms with E-state index in [4.69, 9.17) is 0 Å². The van der Waals surface area contributed by atoms with E-state index in [0.29, 0.717) is 0 Å². The van der Waals surface area contributed by atoms with Gasteiger partial charge >= 0.3 is 0 Å². The normalized spacial score (nSPS) is 12.5. The van der Waals surface area contributed by atoms with Crippen LogP contribution < -0.4 is 4.90 Å². The van der Waals surface area contributed by atoms with Gasteiger partial charge in [-0.25, -0.2) is 0 Å². The van der Waals surface area contributed by atoms with Gasteiger partial charge in [0.05, 0.1) is 5.41 Å². The lowest BCUT2D eigenvalue weighted by molar-refractivity contribution is 0.768. The average Bonchev–Trinajstić information content (AvgIpc) is 3.69. The largest absolute Gasteiger partial charge is 0.311 e. The molecule has 1 aliphatic carbocycles. The summed E-state index contributed by atoms with van der Waals surface area (Å²) in [5.41, 5.74) is 17.8. The number of hydrogen-bond acceptors (Lipinski definition) is 1. The average molecular weight is 814 g/mol. The predicted molar refractivity (Wildman–Crippen MR) is 270 cm³/mol. The molecule has 1 heteroatoms. The zero-order chi connectivity index (χ0) is 42.5. The second kappa shape index (κ2) is 15.6. The third-order valence-electron chi connectivity index (χ3n) is 13.3. The van der Waals surface area contributed by atoms with Crippen LogP contribution in [-0.2, 0) is 5.41 Å². The highest BCUT2D eigenvalue weighted by Gasteiger charge is 2.46. The fourth-order valence-corrected chi connectivity index (χ4v) is 10.3. The molecular weight excluding hydrogens is 771 g/mol. The number of rotatable bonds is 8. The minimum absolute atomic E-state index is 0.445. The number of benzene rings is 11. The first-order chi connectivity index (χ1) is 31.7. The van der Waals surface area contributed by atoms with Crippen molar-refractivity contribution in [1.29, 1.82) is 0 Å². The Kier molecular flexibility index (Phi) is 9.13. The van der Waals surface area contributed by atoms with Crippen molar-refractivity contribution >= 4 is 38.6 Å². The first kappa shape index (κ1) is 37.5. The molecule has 0 unspecified atom stereocenters. The fourth-order valence-electron chi connectivity index (χ4n) is 10.3. The van der Waals surface area contributed by atoms with Crippen LogP contribution in [0.2, 0.25) is 0 Å². The van der Waals surface area contributed by atoms with Gasteiger partial charge in [0, 0.05) is 17.1 Å². The van der Waals surface area contributed by atoms with E-state index in [-0.39, 0.29) is 0 Å². The topological polar surface area (TPSA) is 3.24 Å². The summed E-state index contributed by atoms with van der Waals surface area (Å²) < 4.78 is 0. The molecule has 12 rings (SSSR count). The molecule has 0 amide bonds. The van der Waals surface area contributed by atoms with Gasteiger partial charge in [-0.05, 0) is 137 Å². The van der Waals surface area contributed by atoms with Gasteiger partial charge in [-0.1, -0.05) is 212 Å². The van der Waals surface area contributed by atoms with Crippen molar-refractivity contribution in [2.24, 2.45) is 0 Å². The molecule has 1 aliphatic rings. The van der Waals surface area contributed by atoms with Crippen molar-refractivity contribution in [2.75, 3.05) is 4.90 Å². The quantitative estimate of drug-likeness (QED) is 0.148. The lowest BCUT2D eigenvalue weighted by Gasteiger charge is -2.34. The number of hydrogen-bond donors (Lipinski definition) is 0. The summed E-state index contributed by atoms with van der Waals surface area (Å²) in [6.45, 7) is 0. The zero-order valence-corrected chi connectivity index (χ0v) is 35.3. The summed E-state index contributed by atoms with van der Waals surface area (Å²) in [7, 11) is 0. The standard InChI is InChI=1S/C63H43N/c1-3-18-53(19-4-1)63(54-20-5-2-6-21-54)60-24-12-11-22-59(60)62-58(23-13-25-61(62)63)48-34-40-57(41-35-48)64(55-36-30-46(31-37-55)51-28-26-44-14-7-9-16-49(44)42-51)56-38-32-47(33-39-56)52-29-27-45-15-8-10-17-50(45)43-52/h1-43H. The Labute approximate surface area is 374 Å². The van der Waals surface area contributed by atoms with Gasteiger partial charge in [0.15, 0.2) is 0 Å². The first-order valence-corrected chi connectivity index (χ1v) is 22.2. The van der Waals surface area contributed by atoms with E-state index in [1.807, 2.05) is 0 Å². The second-order valence-corrected chi connectivity index (χ2v) is 16.9. The Morgan fingerprint density at radius 1 is 0.250 bits per heavy atom. The summed E-state index contributed by atoms with van der Waals surface area (Å²) in [5, 5.41) is 4.99. The molecule has 0 spiro atoms. The molecule has 0 saturated carbocycles. The molecule has 0 fully saturated rings. The van der Waals surface area contributed by atoms with Crippen molar-refractivity contribution in [1.82, 2.24) is 0 Å². The maximum atomic E-state index is 2.37. The van der Waals surface area contributed by atoms with Crippen LogP contribution >= 0.6 is 0 Å². The van der Waals surface area contributed by atoms with E-state index in [0.717, 1.165) is 17.1 Å². The highest BCUT2D eigenvalue weighted by molar-refractivity contribution is 5.96. The van der Waals surface area contributed by atoms with Crippen LogP contribution in [0.25, 0.3) is 66.1 Å². The Hall–Kier alpha value is -8.26. The van der Waals surface area contributed by atoms with Crippen LogP contribution in [0.3, 0.4) is 0 Å². The lowest BCUT2D eigenvalue weighted by Crippen LogP contribution is -2.28. The van der Waals surface area contributed by atoms with E-state index < -0.39 is 5.41 Å². The van der Waals surface area contributed by atoms with E-state index in [1.165, 1.54) is 88.3 Å². The van der Waals surface area contributed by atoms with Gasteiger partial charge in [0.1, 0.15) is 0 Å². The Morgan fingerprint density at radius 2 is 0.641 bits per heavy atom. The molecule has 0 bridgehead atoms. The van der Waals surface area contributed by atoms with Crippen molar-refractivity contribution in [3.8, 4) is 44.5 Å². The van der Waals surface area contributed by atoms with Crippen molar-refractivity contribution in [3.05, 3.63) is 283 Å². The molecule has 11 aromatic carbocycles. The summed E-state index contributed by atoms with van der Waals surface area (Å²) in [6, 6.07) is 95.7. The van der Waals surface area contributed by atoms with Gasteiger partial charge < -0.3 is 4.90 Å². The van der Waals surface area contributed by atoms with Gasteiger partial charge in [-0.2, -0.15) is 0 Å². The Balaban J connectivity index is 0.962. The monoisotopic (exact) mass is 813 g/mol. The highest BCUT2D eigenvalue weighted by Crippen LogP contribution is 2.58. The first-order valence-electron chi connectivity index (χ1n) is 22.2. The Bertz CT molecular complexity index is 3300. The van der Waals surface area contributed by atoms with Crippen LogP contribution in [0.1, 0.15) is 22.3 Å². The van der Waals surface area contributed by atoms with E-state index >= 15 is 0 Å². The summed E-state index contributed by atoms with van der Waals surface area (Å²) >= 11 is 0. The zero-order valence-electron chi connectivity index (χ0n) is 35.3. The molecule has 300 valence electrons. The molecule has 11 aromatic rings. The lowest BCUT2D eigenvalue weighted by atomic mass is 9.67. The number of fused-ring (bicyclic) bond motifs is 5. The molecule has 1 nitrogen and oxygen atoms in total. The molecule has 0 aromatic heterocycles. The van der Waals surface area contributed by atoms with Crippen molar-refractivity contribution in [2.45, 2.75) is 5.41 Å². The minimum atomic E-state index is -0.445. The van der Waals surface area contributed by atoms with Crippen molar-refractivity contribution < 1.29 is 0 Å². The molecule has 0 saturated heterocycles. The van der Waals surface area contributed by atoms with Gasteiger partial charge in [0.25, 0.3) is 0 Å². The highest BCUT2D eigenvalue weighted by atomic mass is 15.1. The summed E-state index contributed by atoms with van der Waals surface area (Å²) in [4.78, 5) is 2.37. The van der Waals surface area contributed by atoms with Crippen molar-refractivity contribution in [3.63, 3.8) is 0 Å². The van der Waals surface area contributed by atoms with E-state index in [9.17, 15) is 0 Å². The number of nitrogens with zero attached hydrogens (tertiary/aromatic N) is 1. The minimum Gasteiger partial charge on any atom is -0.311 e. The molecule has 0 aliphatic heterocycles. The molecule has 0 radical (unpaired) electrons. The summed E-state index contributed by atoms with van der Waals surface area (Å²) in [6.07, 6.45) is 0. The van der Waals surface area contributed by atoms with Gasteiger partial charge in [-0.15, -0.1) is 0 Å². The van der Waals surface area contributed by atoms with E-state index in [2.05, 4.69) is 266 Å². The second-order valence-electron chi connectivity index (χ2n) is 16.9. The van der Waals surface area contributed by atoms with Crippen LogP contribution in [0.15, 0.2) is 261 Å². The SMILES string of the molecule is c1ccc(C2(c3ccccc3)c3ccccc3-c3c(-c4ccc(N(c5ccc(-c6ccc7ccccc7c6)cc5)c5ccc(-c6ccc7ccccc7c6)cc5)cc4)cccc32)cc1. The maximum absolute atomic E-state index is 2.37.